The minimum absolute atomic E-state index is 0.100. The molecule has 0 aromatic carbocycles. The molecule has 0 atom stereocenters. The number of nitrogens with one attached hydrogen (secondary N) is 1. The molecule has 0 saturated carbocycles. The minimum atomic E-state index is -0.915. The Morgan fingerprint density at radius 2 is 2.50 bits per heavy atom. The van der Waals surface area contributed by atoms with Crippen molar-refractivity contribution < 1.29 is 14.6 Å². The Kier molecular flexibility index (Phi) is 2.69. The van der Waals surface area contributed by atoms with Crippen molar-refractivity contribution in [3.05, 3.63) is 10.2 Å². The van der Waals surface area contributed by atoms with Gasteiger partial charge in [0.05, 0.1) is 19.2 Å². The number of H-pyrrole nitrogens is 1. The molecule has 0 bridgehead atoms. The standard InChI is InChI=1S/C6H7BrN2O3/c1-12-6-5(7)3(8-9-6)2-4(10)11/h2H2,1H3,(H,8,9)(H,10,11). The van der Waals surface area contributed by atoms with E-state index in [4.69, 9.17) is 9.84 Å². The summed E-state index contributed by atoms with van der Waals surface area (Å²) in [5.41, 5.74) is 0.499. The number of methoxy groups -OCH3 is 1. The zero-order valence-corrected chi connectivity index (χ0v) is 7.88. The number of hydrogen-bond donors (Lipinski definition) is 2. The average molecular weight is 235 g/mol. The molecule has 0 radical (unpaired) electrons. The number of carboxylic acid groups (broad SMARTS) is 1. The van der Waals surface area contributed by atoms with Gasteiger partial charge in [-0.3, -0.25) is 9.89 Å². The molecule has 0 spiro atoms. The molecule has 6 heteroatoms. The van der Waals surface area contributed by atoms with E-state index in [1.165, 1.54) is 7.11 Å². The molecule has 1 aromatic heterocycles. The summed E-state index contributed by atoms with van der Waals surface area (Å²) in [7, 11) is 1.46. The van der Waals surface area contributed by atoms with Crippen molar-refractivity contribution in [2.45, 2.75) is 6.42 Å². The predicted octanol–water partition coefficient (Wildman–Crippen LogP) is 0.808. The first-order chi connectivity index (χ1) is 5.65. The lowest BCUT2D eigenvalue weighted by atomic mass is 10.3. The first kappa shape index (κ1) is 9.05. The number of aliphatic carboxylic acids is 1. The van der Waals surface area contributed by atoms with Crippen LogP contribution < -0.4 is 4.74 Å². The Morgan fingerprint density at radius 3 is 2.92 bits per heavy atom. The fourth-order valence-electron chi connectivity index (χ4n) is 0.749. The van der Waals surface area contributed by atoms with Gasteiger partial charge in [0, 0.05) is 0 Å². The molecule has 0 aliphatic rings. The van der Waals surface area contributed by atoms with Gasteiger partial charge >= 0.3 is 5.97 Å². The zero-order chi connectivity index (χ0) is 9.14. The van der Waals surface area contributed by atoms with Gasteiger partial charge in [0.15, 0.2) is 0 Å². The summed E-state index contributed by atoms with van der Waals surface area (Å²) >= 11 is 3.16. The van der Waals surface area contributed by atoms with E-state index in [0.717, 1.165) is 0 Å². The second-order valence-electron chi connectivity index (χ2n) is 2.10. The van der Waals surface area contributed by atoms with Crippen LogP contribution >= 0.6 is 15.9 Å². The highest BCUT2D eigenvalue weighted by Crippen LogP contribution is 2.25. The fourth-order valence-corrected chi connectivity index (χ4v) is 1.23. The van der Waals surface area contributed by atoms with Gasteiger partial charge in [0.25, 0.3) is 0 Å². The number of rotatable bonds is 3. The average Bonchev–Trinajstić information content (AvgIpc) is 2.32. The van der Waals surface area contributed by atoms with Gasteiger partial charge in [-0.15, -0.1) is 5.10 Å². The van der Waals surface area contributed by atoms with Gasteiger partial charge in [-0.25, -0.2) is 0 Å². The van der Waals surface area contributed by atoms with Crippen molar-refractivity contribution in [3.63, 3.8) is 0 Å². The SMILES string of the molecule is COc1n[nH]c(CC(=O)O)c1Br. The van der Waals surface area contributed by atoms with Crippen molar-refractivity contribution in [1.29, 1.82) is 0 Å². The van der Waals surface area contributed by atoms with Gasteiger partial charge in [-0.1, -0.05) is 0 Å². The summed E-state index contributed by atoms with van der Waals surface area (Å²) in [6.45, 7) is 0. The van der Waals surface area contributed by atoms with Crippen molar-refractivity contribution in [1.82, 2.24) is 10.2 Å². The Bertz CT molecular complexity index is 297. The molecule has 0 amide bonds. The monoisotopic (exact) mass is 234 g/mol. The summed E-state index contributed by atoms with van der Waals surface area (Å²) in [6.07, 6.45) is -0.100. The number of aromatic amines is 1. The molecule has 2 N–H and O–H groups in total. The van der Waals surface area contributed by atoms with Gasteiger partial charge in [-0.2, -0.15) is 0 Å². The highest BCUT2D eigenvalue weighted by atomic mass is 79.9. The molecule has 1 aromatic rings. The van der Waals surface area contributed by atoms with Crippen molar-refractivity contribution in [3.8, 4) is 5.88 Å². The van der Waals surface area contributed by atoms with E-state index in [1.54, 1.807) is 0 Å². The van der Waals surface area contributed by atoms with E-state index < -0.39 is 5.97 Å². The van der Waals surface area contributed by atoms with Crippen LogP contribution in [0.3, 0.4) is 0 Å². The number of carboxylic acids is 1. The third-order valence-electron chi connectivity index (χ3n) is 1.27. The molecule has 0 unspecified atom stereocenters. The summed E-state index contributed by atoms with van der Waals surface area (Å²) in [5.74, 6) is -0.548. The van der Waals surface area contributed by atoms with Crippen LogP contribution in [-0.4, -0.2) is 28.4 Å². The lowest BCUT2D eigenvalue weighted by molar-refractivity contribution is -0.136. The molecule has 0 aliphatic heterocycles. The van der Waals surface area contributed by atoms with Crippen LogP contribution in [-0.2, 0) is 11.2 Å². The summed E-state index contributed by atoms with van der Waals surface area (Å²) < 4.78 is 5.39. The second kappa shape index (κ2) is 3.57. The number of ether oxygens (including phenoxy) is 1. The topological polar surface area (TPSA) is 75.2 Å². The maximum absolute atomic E-state index is 10.3. The Labute approximate surface area is 76.9 Å². The van der Waals surface area contributed by atoms with Crippen molar-refractivity contribution in [2.24, 2.45) is 0 Å². The van der Waals surface area contributed by atoms with Crippen LogP contribution in [0.1, 0.15) is 5.69 Å². The molecular weight excluding hydrogens is 228 g/mol. The van der Waals surface area contributed by atoms with Gasteiger partial charge in [0.1, 0.15) is 4.47 Å². The zero-order valence-electron chi connectivity index (χ0n) is 6.30. The smallest absolute Gasteiger partial charge is 0.309 e. The van der Waals surface area contributed by atoms with Crippen LogP contribution in [0.15, 0.2) is 4.47 Å². The first-order valence-corrected chi connectivity index (χ1v) is 3.93. The number of nitrogens with zero attached hydrogens (tertiary/aromatic N) is 1. The fraction of sp³-hybridized carbons (Fsp3) is 0.333. The molecule has 5 nitrogen and oxygen atoms in total. The molecule has 12 heavy (non-hydrogen) atoms. The summed E-state index contributed by atoms with van der Waals surface area (Å²) in [4.78, 5) is 10.3. The van der Waals surface area contributed by atoms with Crippen LogP contribution in [0.2, 0.25) is 0 Å². The number of aromatic nitrogens is 2. The van der Waals surface area contributed by atoms with Gasteiger partial charge in [-0.05, 0) is 15.9 Å². The summed E-state index contributed by atoms with van der Waals surface area (Å²) in [6, 6.07) is 0. The van der Waals surface area contributed by atoms with Crippen LogP contribution in [0, 0.1) is 0 Å². The Morgan fingerprint density at radius 1 is 1.83 bits per heavy atom. The van der Waals surface area contributed by atoms with Crippen LogP contribution in [0.4, 0.5) is 0 Å². The molecule has 1 rings (SSSR count). The molecule has 1 heterocycles. The van der Waals surface area contributed by atoms with E-state index >= 15 is 0 Å². The van der Waals surface area contributed by atoms with Gasteiger partial charge in [0.2, 0.25) is 5.88 Å². The number of hydrogen-bond acceptors (Lipinski definition) is 3. The van der Waals surface area contributed by atoms with E-state index in [0.29, 0.717) is 16.0 Å². The van der Waals surface area contributed by atoms with E-state index in [1.807, 2.05) is 0 Å². The largest absolute Gasteiger partial charge is 0.481 e. The third kappa shape index (κ3) is 1.76. The lowest BCUT2D eigenvalue weighted by Crippen LogP contribution is -2.00. The Hall–Kier alpha value is -1.04. The quantitative estimate of drug-likeness (QED) is 0.812. The van der Waals surface area contributed by atoms with Crippen molar-refractivity contribution >= 4 is 21.9 Å². The number of halogens is 1. The maximum atomic E-state index is 10.3. The molecular formula is C6H7BrN2O3. The molecule has 0 saturated heterocycles. The highest BCUT2D eigenvalue weighted by Gasteiger charge is 2.12. The van der Waals surface area contributed by atoms with Crippen LogP contribution in [0.5, 0.6) is 5.88 Å². The first-order valence-electron chi connectivity index (χ1n) is 3.13. The van der Waals surface area contributed by atoms with E-state index in [9.17, 15) is 4.79 Å². The van der Waals surface area contributed by atoms with E-state index in [-0.39, 0.29) is 6.42 Å². The maximum Gasteiger partial charge on any atom is 0.309 e. The Balaban J connectivity index is 2.87. The molecule has 0 aliphatic carbocycles. The lowest BCUT2D eigenvalue weighted by Gasteiger charge is -1.93. The van der Waals surface area contributed by atoms with Gasteiger partial charge < -0.3 is 9.84 Å². The third-order valence-corrected chi connectivity index (χ3v) is 2.08. The molecule has 0 fully saturated rings. The normalized spacial score (nSPS) is 9.83. The van der Waals surface area contributed by atoms with E-state index in [2.05, 4.69) is 26.1 Å². The minimum Gasteiger partial charge on any atom is -0.481 e. The summed E-state index contributed by atoms with van der Waals surface area (Å²) in [5, 5.41) is 14.7. The van der Waals surface area contributed by atoms with Crippen molar-refractivity contribution in [2.75, 3.05) is 7.11 Å². The van der Waals surface area contributed by atoms with Crippen LogP contribution in [0.25, 0.3) is 0 Å². The predicted molar refractivity (Wildman–Crippen MR) is 44.2 cm³/mol. The molecule has 66 valence electrons. The number of carbonyl (C=O) groups is 1. The highest BCUT2D eigenvalue weighted by molar-refractivity contribution is 9.10. The second-order valence-corrected chi connectivity index (χ2v) is 2.89.